The van der Waals surface area contributed by atoms with Crippen LogP contribution in [0, 0.1) is 0 Å². The average molecular weight is 1430 g/mol. The number of ether oxygens (including phenoxy) is 20. The topological polar surface area (TPSA) is 355 Å². The lowest BCUT2D eigenvalue weighted by molar-refractivity contribution is -0.230. The van der Waals surface area contributed by atoms with Crippen molar-refractivity contribution in [2.75, 3.05) is 52.9 Å². The lowest BCUT2D eigenvalue weighted by atomic mass is 10.4. The van der Waals surface area contributed by atoms with Crippen molar-refractivity contribution >= 4 is 135 Å². The number of carbonyl (C=O) groups is 10. The van der Waals surface area contributed by atoms with Gasteiger partial charge in [0.1, 0.15) is 39.7 Å². The third kappa shape index (κ3) is 31.4. The van der Waals surface area contributed by atoms with Crippen LogP contribution in [-0.4, -0.2) is 196 Å². The fourth-order valence-electron chi connectivity index (χ4n) is 3.45. The van der Waals surface area contributed by atoms with Gasteiger partial charge >= 0.3 is 99.0 Å². The van der Waals surface area contributed by atoms with Crippen molar-refractivity contribution in [2.45, 2.75) is 81.8 Å². The molecule has 0 aromatic carbocycles. The predicted molar refractivity (Wildman–Crippen MR) is 218 cm³/mol. The van der Waals surface area contributed by atoms with Crippen LogP contribution in [-0.2, 0) is 94.7 Å². The molecule has 0 bridgehead atoms. The third-order valence-electron chi connectivity index (χ3n) is 6.52. The van der Waals surface area contributed by atoms with Crippen LogP contribution in [0.2, 0.25) is 0 Å². The molecule has 0 N–H and O–H groups in total. The SMILES string of the molecule is O=C1OC(Cl)C(Cl)O1.O=C1OC(F)C(F)(F)O1.O=C1OC(F)C(F)O1.O=C1OCC(Br)O1.O=C1OCC(C(F)(F)F)O1.O=C1OCC(CF)O1.O=C1OCC(Cl)O1.O=C1OCC(F)(F)O1.O=C1OCC(F)O1.O=C1OCC(I)O1. The largest absolute Gasteiger partial charge is 0.516 e. The van der Waals surface area contributed by atoms with E-state index in [2.05, 4.69) is 111 Å². The molecule has 10 rings (SSSR count). The van der Waals surface area contributed by atoms with Crippen LogP contribution in [0.3, 0.4) is 0 Å². The van der Waals surface area contributed by atoms with E-state index >= 15 is 0 Å². The maximum Gasteiger partial charge on any atom is 0.516 e. The summed E-state index contributed by atoms with van der Waals surface area (Å²) in [6.07, 6.45) is -33.7. The summed E-state index contributed by atoms with van der Waals surface area (Å²) in [5, 5.41) is -0.236. The highest BCUT2D eigenvalue weighted by Crippen LogP contribution is 2.31. The van der Waals surface area contributed by atoms with Crippen molar-refractivity contribution in [3.05, 3.63) is 0 Å². The van der Waals surface area contributed by atoms with Gasteiger partial charge in [0.05, 0.1) is 0 Å². The molecule has 10 saturated heterocycles. The summed E-state index contributed by atoms with van der Waals surface area (Å²) in [7, 11) is 0. The van der Waals surface area contributed by atoms with E-state index in [4.69, 9.17) is 34.8 Å². The summed E-state index contributed by atoms with van der Waals surface area (Å²) in [5.74, 6) is 0. The van der Waals surface area contributed by atoms with Crippen LogP contribution >= 0.6 is 73.3 Å². The summed E-state index contributed by atoms with van der Waals surface area (Å²) in [6.45, 7) is -1.70. The molecule has 454 valence electrons. The van der Waals surface area contributed by atoms with Crippen LogP contribution in [0.4, 0.5) is 101 Å². The predicted octanol–water partition coefficient (Wildman–Crippen LogP) is 8.35. The lowest BCUT2D eigenvalue weighted by Gasteiger charge is -2.09. The zero-order valence-electron chi connectivity index (χ0n) is 37.2. The number of halogens is 17. The molecular weight excluding hydrogens is 1410 g/mol. The van der Waals surface area contributed by atoms with Gasteiger partial charge in [-0.15, -0.1) is 0 Å². The standard InChI is InChI=1S/C4H3F3O3.C4H5FO3.C3H3BrO3.C3H2Cl2O3.C3H3ClO3.C3HF3O3.2C3H2F2O3.C3H3FO3.C3H3IO3/c5-4(6,7)2-1-9-3(8)10-2;5-1-3-2-7-4(6)8-3;4-2-1-6-3(5)7-2;4-1-2(5)8-3(6)7-1;4-2-1-6-3(5)7-2;4-1-3(5,6)9-2(7)8-1;4-3(5)1-7-2(6)8-3;4-1-2(5)8-3(6)7-1;2*4-2-1-6-3(5)7-2/h2H,1H2;3H,1-2H2;2H,1H2;1-2H;2H,1H2;1H;1H2;1-2H;2*2H,1H2. The first kappa shape index (κ1) is 71.0. The third-order valence-corrected chi connectivity index (χ3v) is 8.57. The quantitative estimate of drug-likeness (QED) is 0.0782. The van der Waals surface area contributed by atoms with E-state index in [1.165, 1.54) is 0 Å². The zero-order valence-corrected chi connectivity index (χ0v) is 43.2. The summed E-state index contributed by atoms with van der Waals surface area (Å²) >= 11 is 20.7. The second-order valence-corrected chi connectivity index (χ2v) is 16.3. The molecule has 11 atom stereocenters. The maximum absolute atomic E-state index is 11.6. The Morgan fingerprint density at radius 2 is 0.962 bits per heavy atom. The van der Waals surface area contributed by atoms with Gasteiger partial charge in [-0.05, 0) is 38.5 Å². The minimum absolute atomic E-state index is 0.0509. The molecule has 0 spiro atoms. The maximum atomic E-state index is 11.6. The van der Waals surface area contributed by atoms with Crippen molar-refractivity contribution in [2.24, 2.45) is 0 Å². The van der Waals surface area contributed by atoms with Crippen molar-refractivity contribution in [1.29, 1.82) is 0 Å². The van der Waals surface area contributed by atoms with Gasteiger partial charge in [-0.3, -0.25) is 0 Å². The number of carbonyl (C=O) groups excluding carboxylic acids is 10. The number of rotatable bonds is 1. The molecule has 30 nitrogen and oxygen atoms in total. The van der Waals surface area contributed by atoms with Crippen molar-refractivity contribution in [1.82, 2.24) is 0 Å². The van der Waals surface area contributed by atoms with Crippen LogP contribution in [0.1, 0.15) is 0 Å². The highest BCUT2D eigenvalue weighted by Gasteiger charge is 2.55. The monoisotopic (exact) mass is 1430 g/mol. The average Bonchev–Trinajstić information content (AvgIpc) is 4.23. The molecule has 0 aliphatic carbocycles. The van der Waals surface area contributed by atoms with Gasteiger partial charge in [0, 0.05) is 0 Å². The summed E-state index contributed by atoms with van der Waals surface area (Å²) < 4.78 is 219. The fraction of sp³-hybridized carbons (Fsp3) is 0.688. The van der Waals surface area contributed by atoms with Gasteiger partial charge in [-0.1, -0.05) is 34.8 Å². The Morgan fingerprint density at radius 3 is 1.11 bits per heavy atom. The van der Waals surface area contributed by atoms with Crippen molar-refractivity contribution < 1.29 is 195 Å². The number of hydrogen-bond acceptors (Lipinski definition) is 30. The zero-order chi connectivity index (χ0) is 60.4. The highest BCUT2D eigenvalue weighted by atomic mass is 127. The molecular formula is C32H27BrCl3F12IO30. The van der Waals surface area contributed by atoms with Crippen LogP contribution in [0.15, 0.2) is 0 Å². The molecule has 10 fully saturated rings. The fourth-order valence-corrected chi connectivity index (χ4v) is 4.51. The van der Waals surface area contributed by atoms with Crippen LogP contribution < -0.4 is 0 Å². The summed E-state index contributed by atoms with van der Waals surface area (Å²) in [5.41, 5.74) is -2.26. The molecule has 0 saturated carbocycles. The first-order chi connectivity index (χ1) is 36.5. The van der Waals surface area contributed by atoms with Crippen LogP contribution in [0.5, 0.6) is 0 Å². The Morgan fingerprint density at radius 1 is 0.494 bits per heavy atom. The minimum Gasteiger partial charge on any atom is -0.430 e. The molecule has 10 heterocycles. The van der Waals surface area contributed by atoms with Gasteiger partial charge in [0.2, 0.25) is 22.8 Å². The number of hydrogen-bond donors (Lipinski definition) is 0. The molecule has 47 heteroatoms. The molecule has 0 aromatic heterocycles. The molecule has 11 unspecified atom stereocenters. The van der Waals surface area contributed by atoms with E-state index < -0.39 is 154 Å². The Kier molecular flexibility index (Phi) is 30.7. The van der Waals surface area contributed by atoms with E-state index in [0.29, 0.717) is 13.2 Å². The first-order valence-electron chi connectivity index (χ1n) is 19.2. The summed E-state index contributed by atoms with van der Waals surface area (Å²) in [6, 6.07) is 0. The van der Waals surface area contributed by atoms with Gasteiger partial charge in [-0.2, -0.15) is 48.3 Å². The second-order valence-electron chi connectivity index (χ2n) is 12.5. The van der Waals surface area contributed by atoms with E-state index in [1.54, 1.807) is 0 Å². The van der Waals surface area contributed by atoms with E-state index in [9.17, 15) is 101 Å². The molecule has 79 heavy (non-hydrogen) atoms. The number of alkyl halides is 17. The van der Waals surface area contributed by atoms with E-state index in [0.717, 1.165) is 0 Å². The van der Waals surface area contributed by atoms with Crippen LogP contribution in [0.25, 0.3) is 0 Å². The lowest BCUT2D eigenvalue weighted by Crippen LogP contribution is -2.30. The second kappa shape index (κ2) is 34.2. The van der Waals surface area contributed by atoms with Crippen molar-refractivity contribution in [3.8, 4) is 0 Å². The smallest absolute Gasteiger partial charge is 0.430 e. The van der Waals surface area contributed by atoms with Crippen molar-refractivity contribution in [3.63, 3.8) is 0 Å². The normalized spacial score (nSPS) is 29.9. The first-order valence-corrected chi connectivity index (χ1v) is 22.6. The number of cyclic esters (lactones) is 20. The van der Waals surface area contributed by atoms with Gasteiger partial charge in [0.15, 0.2) is 28.4 Å². The Bertz CT molecular complexity index is 1910. The van der Waals surface area contributed by atoms with E-state index in [1.807, 2.05) is 22.6 Å². The molecule has 10 aliphatic rings. The highest BCUT2D eigenvalue weighted by molar-refractivity contribution is 14.1. The molecule has 0 aromatic rings. The van der Waals surface area contributed by atoms with Gasteiger partial charge < -0.3 is 94.7 Å². The Balaban J connectivity index is 0.000000440. The summed E-state index contributed by atoms with van der Waals surface area (Å²) in [4.78, 5) is 98.9. The minimum atomic E-state index is -4.51. The van der Waals surface area contributed by atoms with Gasteiger partial charge in [0.25, 0.3) is 6.36 Å². The Hall–Kier alpha value is -6.06. The molecule has 0 amide bonds. The Labute approximate surface area is 463 Å². The molecule has 10 aliphatic heterocycles. The van der Waals surface area contributed by atoms with Gasteiger partial charge in [-0.25, -0.2) is 52.3 Å². The molecule has 0 radical (unpaired) electrons. The van der Waals surface area contributed by atoms with E-state index in [-0.39, 0.29) is 28.9 Å².